The van der Waals surface area contributed by atoms with Crippen molar-refractivity contribution in [3.8, 4) is 0 Å². The average Bonchev–Trinajstić information content (AvgIpc) is 2.09. The van der Waals surface area contributed by atoms with Crippen molar-refractivity contribution in [1.29, 1.82) is 0 Å². The summed E-state index contributed by atoms with van der Waals surface area (Å²) in [4.78, 5) is 22.5. The molecule has 2 amide bonds. The highest BCUT2D eigenvalue weighted by Crippen LogP contribution is 2.08. The molecule has 5 heteroatoms. The summed E-state index contributed by atoms with van der Waals surface area (Å²) < 4.78 is 0. The van der Waals surface area contributed by atoms with E-state index in [9.17, 15) is 9.59 Å². The maximum atomic E-state index is 11.5. The first-order valence-electron chi connectivity index (χ1n) is 5.49. The molecule has 0 aromatic rings. The predicted molar refractivity (Wildman–Crippen MR) is 62.3 cm³/mol. The summed E-state index contributed by atoms with van der Waals surface area (Å²) in [6.45, 7) is 9.21. The van der Waals surface area contributed by atoms with Crippen LogP contribution in [0.15, 0.2) is 0 Å². The van der Waals surface area contributed by atoms with Gasteiger partial charge in [-0.05, 0) is 26.7 Å². The van der Waals surface area contributed by atoms with Crippen molar-refractivity contribution in [3.05, 3.63) is 0 Å². The van der Waals surface area contributed by atoms with Gasteiger partial charge in [0.15, 0.2) is 0 Å². The van der Waals surface area contributed by atoms with Gasteiger partial charge in [-0.1, -0.05) is 20.3 Å². The number of nitrogens with one attached hydrogen (secondary N) is 2. The Bertz CT molecular complexity index is 258. The molecule has 0 saturated heterocycles. The molecule has 0 aliphatic carbocycles. The molecule has 0 heterocycles. The van der Waals surface area contributed by atoms with E-state index in [2.05, 4.69) is 10.6 Å². The highest BCUT2D eigenvalue weighted by atomic mass is 16.4. The molecule has 0 spiro atoms. The molecule has 3 N–H and O–H groups in total. The maximum absolute atomic E-state index is 11.5. The first-order valence-corrected chi connectivity index (χ1v) is 5.49. The zero-order valence-electron chi connectivity index (χ0n) is 10.6. The third-order valence-electron chi connectivity index (χ3n) is 2.25. The molecule has 2 atom stereocenters. The topological polar surface area (TPSA) is 78.4 Å². The zero-order valence-corrected chi connectivity index (χ0v) is 10.6. The number of carboxylic acid groups (broad SMARTS) is 1. The van der Waals surface area contributed by atoms with Crippen LogP contribution < -0.4 is 10.6 Å². The maximum Gasteiger partial charge on any atom is 0.326 e. The van der Waals surface area contributed by atoms with Crippen LogP contribution in [0, 0.1) is 5.92 Å². The monoisotopic (exact) mass is 230 g/mol. The van der Waals surface area contributed by atoms with E-state index in [4.69, 9.17) is 5.11 Å². The van der Waals surface area contributed by atoms with Crippen LogP contribution in [0.2, 0.25) is 0 Å². The number of rotatable bonds is 4. The molecule has 0 saturated carbocycles. The van der Waals surface area contributed by atoms with Gasteiger partial charge in [0.2, 0.25) is 0 Å². The number of amides is 2. The third-order valence-corrected chi connectivity index (χ3v) is 2.25. The molecule has 0 aliphatic rings. The SMILES string of the molecule is CCC(C)C(NC(=O)NC(C)(C)C)C(=O)O. The van der Waals surface area contributed by atoms with Gasteiger partial charge in [0.1, 0.15) is 6.04 Å². The molecular formula is C11H22N2O3. The second-order valence-electron chi connectivity index (χ2n) is 5.05. The van der Waals surface area contributed by atoms with Crippen LogP contribution in [0.1, 0.15) is 41.0 Å². The molecule has 0 aliphatic heterocycles. The Hall–Kier alpha value is -1.26. The smallest absolute Gasteiger partial charge is 0.326 e. The van der Waals surface area contributed by atoms with E-state index in [0.29, 0.717) is 6.42 Å². The largest absolute Gasteiger partial charge is 0.480 e. The molecule has 2 unspecified atom stereocenters. The molecule has 0 rings (SSSR count). The van der Waals surface area contributed by atoms with Crippen LogP contribution in [0.4, 0.5) is 4.79 Å². The van der Waals surface area contributed by atoms with E-state index in [1.807, 2.05) is 27.7 Å². The van der Waals surface area contributed by atoms with E-state index in [1.54, 1.807) is 6.92 Å². The lowest BCUT2D eigenvalue weighted by Gasteiger charge is -2.25. The van der Waals surface area contributed by atoms with Gasteiger partial charge in [-0.2, -0.15) is 0 Å². The van der Waals surface area contributed by atoms with Crippen LogP contribution >= 0.6 is 0 Å². The fraction of sp³-hybridized carbons (Fsp3) is 0.818. The van der Waals surface area contributed by atoms with Crippen molar-refractivity contribution in [3.63, 3.8) is 0 Å². The quantitative estimate of drug-likeness (QED) is 0.686. The van der Waals surface area contributed by atoms with E-state index in [-0.39, 0.29) is 11.5 Å². The first-order chi connectivity index (χ1) is 7.17. The number of carbonyl (C=O) groups excluding carboxylic acids is 1. The minimum absolute atomic E-state index is 0.0942. The Kier molecular flexibility index (Phi) is 5.27. The first kappa shape index (κ1) is 14.7. The van der Waals surface area contributed by atoms with Gasteiger partial charge in [0.05, 0.1) is 0 Å². The molecule has 0 aromatic heterocycles. The molecular weight excluding hydrogens is 208 g/mol. The van der Waals surface area contributed by atoms with Crippen LogP contribution in [0.3, 0.4) is 0 Å². The van der Waals surface area contributed by atoms with Gasteiger partial charge in [-0.3, -0.25) is 0 Å². The Morgan fingerprint density at radius 2 is 1.81 bits per heavy atom. The summed E-state index contributed by atoms with van der Waals surface area (Å²) in [7, 11) is 0. The molecule has 0 aromatic carbocycles. The second kappa shape index (κ2) is 5.72. The summed E-state index contributed by atoms with van der Waals surface area (Å²) in [6, 6.07) is -1.28. The summed E-state index contributed by atoms with van der Waals surface area (Å²) in [5.74, 6) is -1.10. The van der Waals surface area contributed by atoms with Crippen LogP contribution in [-0.2, 0) is 4.79 Å². The predicted octanol–water partition coefficient (Wildman–Crippen LogP) is 1.58. The molecule has 0 radical (unpaired) electrons. The van der Waals surface area contributed by atoms with E-state index in [0.717, 1.165) is 0 Å². The molecule has 0 fully saturated rings. The van der Waals surface area contributed by atoms with Gasteiger partial charge < -0.3 is 15.7 Å². The number of hydrogen-bond acceptors (Lipinski definition) is 2. The van der Waals surface area contributed by atoms with Gasteiger partial charge in [0.25, 0.3) is 0 Å². The summed E-state index contributed by atoms with van der Waals surface area (Å²) in [6.07, 6.45) is 0.701. The summed E-state index contributed by atoms with van der Waals surface area (Å²) >= 11 is 0. The summed E-state index contributed by atoms with van der Waals surface area (Å²) in [5, 5.41) is 14.1. The number of aliphatic carboxylic acids is 1. The lowest BCUT2D eigenvalue weighted by atomic mass is 9.99. The van der Waals surface area contributed by atoms with Crippen LogP contribution in [0.5, 0.6) is 0 Å². The van der Waals surface area contributed by atoms with Crippen molar-refractivity contribution in [1.82, 2.24) is 10.6 Å². The highest BCUT2D eigenvalue weighted by molar-refractivity contribution is 5.83. The highest BCUT2D eigenvalue weighted by Gasteiger charge is 2.26. The number of carboxylic acids is 1. The lowest BCUT2D eigenvalue weighted by molar-refractivity contribution is -0.140. The summed E-state index contributed by atoms with van der Waals surface area (Å²) in [5.41, 5.74) is -0.372. The van der Waals surface area contributed by atoms with E-state index < -0.39 is 18.0 Å². The average molecular weight is 230 g/mol. The fourth-order valence-corrected chi connectivity index (χ4v) is 1.20. The Morgan fingerprint density at radius 1 is 1.31 bits per heavy atom. The zero-order chi connectivity index (χ0) is 12.9. The van der Waals surface area contributed by atoms with Crippen LogP contribution in [0.25, 0.3) is 0 Å². The number of hydrogen-bond donors (Lipinski definition) is 3. The minimum atomic E-state index is -1.00. The lowest BCUT2D eigenvalue weighted by Crippen LogP contribution is -2.53. The molecule has 16 heavy (non-hydrogen) atoms. The standard InChI is InChI=1S/C11H22N2O3/c1-6-7(2)8(9(14)15)12-10(16)13-11(3,4)5/h7-8H,6H2,1-5H3,(H,14,15)(H2,12,13,16). The third kappa shape index (κ3) is 5.58. The van der Waals surface area contributed by atoms with Crippen molar-refractivity contribution in [2.75, 3.05) is 0 Å². The van der Waals surface area contributed by atoms with Crippen molar-refractivity contribution >= 4 is 12.0 Å². The Morgan fingerprint density at radius 3 is 2.12 bits per heavy atom. The van der Waals surface area contributed by atoms with Gasteiger partial charge in [0, 0.05) is 5.54 Å². The number of urea groups is 1. The second-order valence-corrected chi connectivity index (χ2v) is 5.05. The fourth-order valence-electron chi connectivity index (χ4n) is 1.20. The van der Waals surface area contributed by atoms with Crippen LogP contribution in [-0.4, -0.2) is 28.7 Å². The van der Waals surface area contributed by atoms with E-state index in [1.165, 1.54) is 0 Å². The van der Waals surface area contributed by atoms with Crippen molar-refractivity contribution in [2.45, 2.75) is 52.6 Å². The van der Waals surface area contributed by atoms with Gasteiger partial charge >= 0.3 is 12.0 Å². The van der Waals surface area contributed by atoms with Crippen molar-refractivity contribution in [2.24, 2.45) is 5.92 Å². The van der Waals surface area contributed by atoms with E-state index >= 15 is 0 Å². The minimum Gasteiger partial charge on any atom is -0.480 e. The normalized spacial score (nSPS) is 15.1. The molecule has 94 valence electrons. The van der Waals surface area contributed by atoms with Crippen molar-refractivity contribution < 1.29 is 14.7 Å². The van der Waals surface area contributed by atoms with Gasteiger partial charge in [-0.15, -0.1) is 0 Å². The molecule has 5 nitrogen and oxygen atoms in total. The number of carbonyl (C=O) groups is 2. The Balaban J connectivity index is 4.42. The van der Waals surface area contributed by atoms with Gasteiger partial charge in [-0.25, -0.2) is 9.59 Å². The Labute approximate surface area is 96.6 Å². The molecule has 0 bridgehead atoms.